The number of rotatable bonds is 5. The molecule has 1 fully saturated rings. The lowest BCUT2D eigenvalue weighted by molar-refractivity contribution is -0.154. The molecular weight excluding hydrogens is 250 g/mol. The van der Waals surface area contributed by atoms with E-state index in [0.717, 1.165) is 6.42 Å². The van der Waals surface area contributed by atoms with E-state index < -0.39 is 17.1 Å². The highest BCUT2D eigenvalue weighted by atomic mass is 16.4. The molecule has 0 radical (unpaired) electrons. The van der Waals surface area contributed by atoms with Crippen molar-refractivity contribution in [3.63, 3.8) is 0 Å². The number of carbonyl (C=O) groups is 2. The van der Waals surface area contributed by atoms with Gasteiger partial charge in [-0.2, -0.15) is 0 Å². The Hall–Kier alpha value is -2.18. The first-order valence-electron chi connectivity index (χ1n) is 6.05. The van der Waals surface area contributed by atoms with Crippen molar-refractivity contribution in [3.05, 3.63) is 28.9 Å². The number of hydrogen-bond donors (Lipinski definition) is 2. The van der Waals surface area contributed by atoms with Gasteiger partial charge in [-0.25, -0.2) is 9.78 Å². The van der Waals surface area contributed by atoms with Gasteiger partial charge in [-0.05, 0) is 18.9 Å². The topological polar surface area (TPSA) is 101 Å². The zero-order chi connectivity index (χ0) is 13.9. The van der Waals surface area contributed by atoms with Crippen LogP contribution in [0.15, 0.2) is 23.3 Å². The molecule has 0 aliphatic heterocycles. The van der Waals surface area contributed by atoms with Crippen LogP contribution >= 0.6 is 0 Å². The van der Waals surface area contributed by atoms with Crippen LogP contribution < -0.4 is 11.0 Å². The summed E-state index contributed by atoms with van der Waals surface area (Å²) in [6.07, 6.45) is 4.84. The number of nitrogens with one attached hydrogen (secondary N) is 1. The lowest BCUT2D eigenvalue weighted by atomic mass is 9.69. The predicted octanol–water partition coefficient (Wildman–Crippen LogP) is -0.386. The summed E-state index contributed by atoms with van der Waals surface area (Å²) in [5.41, 5.74) is -1.33. The molecule has 1 aromatic rings. The Labute approximate surface area is 109 Å². The third-order valence-electron chi connectivity index (χ3n) is 3.48. The fourth-order valence-electron chi connectivity index (χ4n) is 2.06. The van der Waals surface area contributed by atoms with Crippen molar-refractivity contribution in [3.8, 4) is 0 Å². The van der Waals surface area contributed by atoms with Crippen molar-refractivity contribution in [2.75, 3.05) is 6.54 Å². The molecule has 7 nitrogen and oxygen atoms in total. The van der Waals surface area contributed by atoms with Crippen molar-refractivity contribution in [2.45, 2.75) is 25.8 Å². The maximum Gasteiger partial charge on any atom is 0.347 e. The number of carboxylic acid groups (broad SMARTS) is 1. The monoisotopic (exact) mass is 265 g/mol. The number of aromatic nitrogens is 2. The first-order chi connectivity index (χ1) is 9.03. The Morgan fingerprint density at radius 1 is 1.47 bits per heavy atom. The third kappa shape index (κ3) is 2.81. The van der Waals surface area contributed by atoms with E-state index in [1.54, 1.807) is 6.07 Å². The molecule has 0 bridgehead atoms. The Bertz CT molecular complexity index is 548. The van der Waals surface area contributed by atoms with E-state index >= 15 is 0 Å². The van der Waals surface area contributed by atoms with Crippen molar-refractivity contribution in [2.24, 2.45) is 5.41 Å². The zero-order valence-electron chi connectivity index (χ0n) is 10.3. The van der Waals surface area contributed by atoms with Crippen LogP contribution in [0.5, 0.6) is 0 Å². The summed E-state index contributed by atoms with van der Waals surface area (Å²) in [4.78, 5) is 37.6. The zero-order valence-corrected chi connectivity index (χ0v) is 10.3. The van der Waals surface area contributed by atoms with Crippen molar-refractivity contribution in [1.82, 2.24) is 14.9 Å². The Morgan fingerprint density at radius 3 is 2.74 bits per heavy atom. The molecule has 1 aromatic heterocycles. The molecule has 1 amide bonds. The first kappa shape index (κ1) is 13.3. The fraction of sp³-hybridized carbons (Fsp3) is 0.500. The van der Waals surface area contributed by atoms with Gasteiger partial charge in [0.1, 0.15) is 6.54 Å². The van der Waals surface area contributed by atoms with Crippen molar-refractivity contribution < 1.29 is 14.7 Å². The minimum absolute atomic E-state index is 0.107. The van der Waals surface area contributed by atoms with Crippen LogP contribution in [0.4, 0.5) is 0 Å². The van der Waals surface area contributed by atoms with E-state index in [-0.39, 0.29) is 19.0 Å². The first-order valence-corrected chi connectivity index (χ1v) is 6.05. The average molecular weight is 265 g/mol. The van der Waals surface area contributed by atoms with E-state index in [4.69, 9.17) is 5.11 Å². The number of carboxylic acids is 1. The lowest BCUT2D eigenvalue weighted by Gasteiger charge is -2.37. The lowest BCUT2D eigenvalue weighted by Crippen LogP contribution is -2.48. The minimum Gasteiger partial charge on any atom is -0.481 e. The Kier molecular flexibility index (Phi) is 3.64. The van der Waals surface area contributed by atoms with Crippen molar-refractivity contribution >= 4 is 11.9 Å². The summed E-state index contributed by atoms with van der Waals surface area (Å²) in [5, 5.41) is 11.7. The highest BCUT2D eigenvalue weighted by Gasteiger charge is 2.44. The quantitative estimate of drug-likeness (QED) is 0.755. The maximum absolute atomic E-state index is 11.7. The molecule has 2 rings (SSSR count). The van der Waals surface area contributed by atoms with Gasteiger partial charge in [-0.15, -0.1) is 0 Å². The molecule has 0 spiro atoms. The molecule has 2 N–H and O–H groups in total. The van der Waals surface area contributed by atoms with Gasteiger partial charge >= 0.3 is 11.7 Å². The van der Waals surface area contributed by atoms with Crippen LogP contribution in [0.1, 0.15) is 19.3 Å². The number of carbonyl (C=O) groups excluding carboxylic acids is 1. The summed E-state index contributed by atoms with van der Waals surface area (Å²) in [7, 11) is 0. The predicted molar refractivity (Wildman–Crippen MR) is 65.4 cm³/mol. The van der Waals surface area contributed by atoms with Gasteiger partial charge in [0.05, 0.1) is 5.41 Å². The SMILES string of the molecule is O=C(Cn1cccnc1=O)NCC1(C(=O)O)CCC1. The van der Waals surface area contributed by atoms with Crippen LogP contribution in [0.25, 0.3) is 0 Å². The van der Waals surface area contributed by atoms with Gasteiger partial charge in [-0.3, -0.25) is 14.2 Å². The Balaban J connectivity index is 1.90. The summed E-state index contributed by atoms with van der Waals surface area (Å²) in [5.74, 6) is -1.26. The molecule has 1 saturated carbocycles. The molecule has 1 aliphatic rings. The number of amides is 1. The molecule has 0 atom stereocenters. The summed E-state index contributed by atoms with van der Waals surface area (Å²) >= 11 is 0. The van der Waals surface area contributed by atoms with E-state index in [9.17, 15) is 14.4 Å². The molecule has 19 heavy (non-hydrogen) atoms. The van der Waals surface area contributed by atoms with Crippen LogP contribution in [-0.2, 0) is 16.1 Å². The van der Waals surface area contributed by atoms with E-state index in [0.29, 0.717) is 12.8 Å². The van der Waals surface area contributed by atoms with Gasteiger partial charge < -0.3 is 10.4 Å². The summed E-state index contributed by atoms with van der Waals surface area (Å²) in [6.45, 7) is -0.0431. The highest BCUT2D eigenvalue weighted by Crippen LogP contribution is 2.40. The maximum atomic E-state index is 11.7. The molecule has 0 unspecified atom stereocenters. The van der Waals surface area contributed by atoms with Gasteiger partial charge in [-0.1, -0.05) is 6.42 Å². The van der Waals surface area contributed by atoms with Gasteiger partial charge in [0, 0.05) is 18.9 Å². The Morgan fingerprint density at radius 2 is 2.21 bits per heavy atom. The second kappa shape index (κ2) is 5.21. The molecule has 0 saturated heterocycles. The highest BCUT2D eigenvalue weighted by molar-refractivity contribution is 5.79. The molecular formula is C12H15N3O4. The normalized spacial score (nSPS) is 16.4. The van der Waals surface area contributed by atoms with E-state index in [1.807, 2.05) is 0 Å². The smallest absolute Gasteiger partial charge is 0.347 e. The molecule has 102 valence electrons. The third-order valence-corrected chi connectivity index (χ3v) is 3.48. The largest absolute Gasteiger partial charge is 0.481 e. The van der Waals surface area contributed by atoms with Gasteiger partial charge in [0.2, 0.25) is 5.91 Å². The second-order valence-corrected chi connectivity index (χ2v) is 4.75. The van der Waals surface area contributed by atoms with Crippen LogP contribution in [0, 0.1) is 5.41 Å². The molecule has 0 aromatic carbocycles. The van der Waals surface area contributed by atoms with Crippen molar-refractivity contribution in [1.29, 1.82) is 0 Å². The molecule has 7 heteroatoms. The van der Waals surface area contributed by atoms with Gasteiger partial charge in [0.25, 0.3) is 0 Å². The summed E-state index contributed by atoms with van der Waals surface area (Å²) < 4.78 is 1.17. The number of aliphatic carboxylic acids is 1. The van der Waals surface area contributed by atoms with E-state index in [1.165, 1.54) is 17.0 Å². The average Bonchev–Trinajstić information content (AvgIpc) is 2.30. The summed E-state index contributed by atoms with van der Waals surface area (Å²) in [6, 6.07) is 1.55. The fourth-order valence-corrected chi connectivity index (χ4v) is 2.06. The number of hydrogen-bond acceptors (Lipinski definition) is 4. The van der Waals surface area contributed by atoms with Crippen LogP contribution in [-0.4, -0.2) is 33.1 Å². The van der Waals surface area contributed by atoms with Crippen LogP contribution in [0.3, 0.4) is 0 Å². The standard InChI is InChI=1S/C12H15N3O4/c16-9(7-15-6-2-5-13-11(15)19)14-8-12(10(17)18)3-1-4-12/h2,5-6H,1,3-4,7-8H2,(H,14,16)(H,17,18). The van der Waals surface area contributed by atoms with Crippen LogP contribution in [0.2, 0.25) is 0 Å². The number of nitrogens with zero attached hydrogens (tertiary/aromatic N) is 2. The molecule has 1 heterocycles. The molecule has 1 aliphatic carbocycles. The minimum atomic E-state index is -0.877. The van der Waals surface area contributed by atoms with Gasteiger partial charge in [0.15, 0.2) is 0 Å². The van der Waals surface area contributed by atoms with E-state index in [2.05, 4.69) is 10.3 Å². The second-order valence-electron chi connectivity index (χ2n) is 4.75.